The van der Waals surface area contributed by atoms with E-state index in [-0.39, 0.29) is 5.97 Å². The maximum absolute atomic E-state index is 11.1. The molecule has 0 aromatic heterocycles. The van der Waals surface area contributed by atoms with Crippen molar-refractivity contribution in [2.45, 2.75) is 38.8 Å². The van der Waals surface area contributed by atoms with Crippen molar-refractivity contribution in [2.24, 2.45) is 5.73 Å². The Morgan fingerprint density at radius 3 is 2.67 bits per heavy atom. The zero-order valence-electron chi connectivity index (χ0n) is 9.66. The Morgan fingerprint density at radius 2 is 2.20 bits per heavy atom. The molecule has 0 heterocycles. The van der Waals surface area contributed by atoms with Gasteiger partial charge in [-0.3, -0.25) is 4.79 Å². The lowest BCUT2D eigenvalue weighted by molar-refractivity contribution is -0.144. The molecule has 1 unspecified atom stereocenters. The maximum atomic E-state index is 11.1. The Labute approximate surface area is 95.6 Å². The number of esters is 1. The van der Waals surface area contributed by atoms with E-state index < -0.39 is 11.6 Å². The van der Waals surface area contributed by atoms with Crippen molar-refractivity contribution in [3.63, 3.8) is 0 Å². The summed E-state index contributed by atoms with van der Waals surface area (Å²) in [7, 11) is 0. The largest absolute Gasteiger partial charge is 0.465 e. The maximum Gasteiger partial charge on any atom is 0.322 e. The number of hydrogen-bond donors (Lipinski definition) is 2. The van der Waals surface area contributed by atoms with Crippen molar-refractivity contribution in [1.82, 2.24) is 0 Å². The molecule has 0 spiro atoms. The van der Waals surface area contributed by atoms with Gasteiger partial charge in [-0.05, 0) is 32.9 Å². The molecule has 0 aliphatic carbocycles. The monoisotopic (exact) mass is 235 g/mol. The lowest BCUT2D eigenvalue weighted by atomic mass is 10.2. The number of rotatable bonds is 7. The number of ether oxygens (including phenoxy) is 1. The van der Waals surface area contributed by atoms with Gasteiger partial charge in [0.25, 0.3) is 0 Å². The minimum Gasteiger partial charge on any atom is -0.465 e. The highest BCUT2D eigenvalue weighted by atomic mass is 32.2. The zero-order valence-corrected chi connectivity index (χ0v) is 10.5. The second-order valence-electron chi connectivity index (χ2n) is 4.01. The Kier molecular flexibility index (Phi) is 6.96. The number of aliphatic hydroxyl groups is 1. The smallest absolute Gasteiger partial charge is 0.322 e. The van der Waals surface area contributed by atoms with Crippen molar-refractivity contribution in [3.05, 3.63) is 0 Å². The van der Waals surface area contributed by atoms with Gasteiger partial charge in [0.1, 0.15) is 6.04 Å². The van der Waals surface area contributed by atoms with Crippen LogP contribution in [0.1, 0.15) is 27.2 Å². The Hall–Kier alpha value is -0.260. The predicted octanol–water partition coefficient (Wildman–Crippen LogP) is 0.771. The van der Waals surface area contributed by atoms with E-state index in [0.29, 0.717) is 18.8 Å². The summed E-state index contributed by atoms with van der Waals surface area (Å²) in [5.41, 5.74) is 4.93. The second-order valence-corrected chi connectivity index (χ2v) is 5.12. The summed E-state index contributed by atoms with van der Waals surface area (Å²) in [6, 6.07) is -0.542. The van der Waals surface area contributed by atoms with Crippen LogP contribution in [0, 0.1) is 0 Å². The number of nitrogens with two attached hydrogens (primary N) is 1. The minimum absolute atomic E-state index is 0.346. The van der Waals surface area contributed by atoms with Crippen molar-refractivity contribution in [2.75, 3.05) is 18.1 Å². The fourth-order valence-corrected chi connectivity index (χ4v) is 1.96. The van der Waals surface area contributed by atoms with Gasteiger partial charge >= 0.3 is 5.97 Å². The van der Waals surface area contributed by atoms with Gasteiger partial charge in [-0.25, -0.2) is 0 Å². The van der Waals surface area contributed by atoms with Gasteiger partial charge in [0, 0.05) is 5.75 Å². The molecule has 0 aliphatic rings. The number of carbonyl (C=O) groups is 1. The van der Waals surface area contributed by atoms with Crippen molar-refractivity contribution < 1.29 is 14.6 Å². The summed E-state index contributed by atoms with van der Waals surface area (Å²) in [6.07, 6.45) is 0.583. The lowest BCUT2D eigenvalue weighted by Gasteiger charge is -2.16. The first-order valence-corrected chi connectivity index (χ1v) is 6.24. The first-order chi connectivity index (χ1) is 6.87. The third-order valence-electron chi connectivity index (χ3n) is 1.62. The molecule has 3 N–H and O–H groups in total. The van der Waals surface area contributed by atoms with Crippen molar-refractivity contribution >= 4 is 17.7 Å². The summed E-state index contributed by atoms with van der Waals surface area (Å²) in [5.74, 6) is 1.05. The highest BCUT2D eigenvalue weighted by molar-refractivity contribution is 7.99. The third kappa shape index (κ3) is 8.72. The molecule has 0 saturated carbocycles. The van der Waals surface area contributed by atoms with Gasteiger partial charge in [-0.2, -0.15) is 11.8 Å². The normalized spacial score (nSPS) is 13.7. The van der Waals surface area contributed by atoms with Gasteiger partial charge in [0.2, 0.25) is 0 Å². The van der Waals surface area contributed by atoms with E-state index in [2.05, 4.69) is 0 Å². The van der Waals surface area contributed by atoms with Crippen LogP contribution >= 0.6 is 11.8 Å². The molecule has 0 fully saturated rings. The molecule has 15 heavy (non-hydrogen) atoms. The van der Waals surface area contributed by atoms with Crippen LogP contribution in [0.15, 0.2) is 0 Å². The summed E-state index contributed by atoms with van der Waals surface area (Å²) < 4.78 is 4.78. The van der Waals surface area contributed by atoms with Gasteiger partial charge in [-0.15, -0.1) is 0 Å². The molecule has 5 heteroatoms. The summed E-state index contributed by atoms with van der Waals surface area (Å²) in [6.45, 7) is 5.63. The number of carbonyl (C=O) groups excluding carboxylic acids is 1. The van der Waals surface area contributed by atoms with E-state index in [4.69, 9.17) is 10.5 Å². The summed E-state index contributed by atoms with van der Waals surface area (Å²) in [4.78, 5) is 11.1. The van der Waals surface area contributed by atoms with Gasteiger partial charge < -0.3 is 15.6 Å². The SMILES string of the molecule is CCOC(=O)C(N)CCSCC(C)(C)O. The Morgan fingerprint density at radius 1 is 1.60 bits per heavy atom. The number of hydrogen-bond acceptors (Lipinski definition) is 5. The molecule has 0 bridgehead atoms. The molecular formula is C10H21NO3S. The van der Waals surface area contributed by atoms with Gasteiger partial charge in [-0.1, -0.05) is 0 Å². The second kappa shape index (κ2) is 7.09. The van der Waals surface area contributed by atoms with E-state index in [0.717, 1.165) is 5.75 Å². The molecule has 0 aliphatic heterocycles. The van der Waals surface area contributed by atoms with Crippen LogP contribution in [0.4, 0.5) is 0 Å². The summed E-state index contributed by atoms with van der Waals surface area (Å²) in [5, 5.41) is 9.43. The van der Waals surface area contributed by atoms with Gasteiger partial charge in [0.05, 0.1) is 12.2 Å². The molecule has 0 aromatic carbocycles. The zero-order chi connectivity index (χ0) is 11.9. The molecule has 0 aromatic rings. The Balaban J connectivity index is 3.55. The fourth-order valence-electron chi connectivity index (χ4n) is 0.899. The lowest BCUT2D eigenvalue weighted by Crippen LogP contribution is -2.33. The van der Waals surface area contributed by atoms with Crippen LogP contribution in [0.25, 0.3) is 0 Å². The average Bonchev–Trinajstić information content (AvgIpc) is 2.11. The van der Waals surface area contributed by atoms with E-state index >= 15 is 0 Å². The van der Waals surface area contributed by atoms with E-state index in [9.17, 15) is 9.90 Å². The Bertz CT molecular complexity index is 192. The van der Waals surface area contributed by atoms with E-state index in [1.165, 1.54) is 0 Å². The molecule has 90 valence electrons. The number of thioether (sulfide) groups is 1. The molecule has 0 saturated heterocycles. The van der Waals surface area contributed by atoms with E-state index in [1.807, 2.05) is 0 Å². The van der Waals surface area contributed by atoms with Crippen LogP contribution in [0.2, 0.25) is 0 Å². The molecule has 0 rings (SSSR count). The summed E-state index contributed by atoms with van der Waals surface area (Å²) >= 11 is 1.59. The van der Waals surface area contributed by atoms with Crippen LogP contribution in [-0.4, -0.2) is 40.8 Å². The van der Waals surface area contributed by atoms with Crippen molar-refractivity contribution in [3.8, 4) is 0 Å². The first kappa shape index (κ1) is 14.7. The minimum atomic E-state index is -0.668. The highest BCUT2D eigenvalue weighted by Crippen LogP contribution is 2.13. The highest BCUT2D eigenvalue weighted by Gasteiger charge is 2.16. The quantitative estimate of drug-likeness (QED) is 0.504. The topological polar surface area (TPSA) is 72.5 Å². The fraction of sp³-hybridized carbons (Fsp3) is 0.900. The molecular weight excluding hydrogens is 214 g/mol. The van der Waals surface area contributed by atoms with Crippen molar-refractivity contribution in [1.29, 1.82) is 0 Å². The predicted molar refractivity (Wildman–Crippen MR) is 62.8 cm³/mol. The van der Waals surface area contributed by atoms with Crippen LogP contribution in [0.3, 0.4) is 0 Å². The van der Waals surface area contributed by atoms with Crippen LogP contribution in [0.5, 0.6) is 0 Å². The van der Waals surface area contributed by atoms with Gasteiger partial charge in [0.15, 0.2) is 0 Å². The molecule has 4 nitrogen and oxygen atoms in total. The first-order valence-electron chi connectivity index (χ1n) is 5.09. The van der Waals surface area contributed by atoms with Crippen LogP contribution < -0.4 is 5.73 Å². The molecule has 0 radical (unpaired) electrons. The molecule has 0 amide bonds. The molecule has 1 atom stereocenters. The third-order valence-corrected chi connectivity index (χ3v) is 3.05. The van der Waals surface area contributed by atoms with Crippen LogP contribution in [-0.2, 0) is 9.53 Å². The van der Waals surface area contributed by atoms with E-state index in [1.54, 1.807) is 32.5 Å². The average molecular weight is 235 g/mol. The standard InChI is InChI=1S/C10H21NO3S/c1-4-14-9(12)8(11)5-6-15-7-10(2,3)13/h8,13H,4-7,11H2,1-3H3.